The van der Waals surface area contributed by atoms with Gasteiger partial charge in [0.05, 0.1) is 5.52 Å². The van der Waals surface area contributed by atoms with Crippen molar-refractivity contribution in [3.05, 3.63) is 40.2 Å². The molecule has 2 amide bonds. The number of nitrogens with two attached hydrogens (primary N) is 1. The first-order valence-corrected chi connectivity index (χ1v) is 9.02. The van der Waals surface area contributed by atoms with E-state index in [1.807, 2.05) is 6.07 Å². The molecule has 1 atom stereocenters. The summed E-state index contributed by atoms with van der Waals surface area (Å²) in [6.45, 7) is 0. The van der Waals surface area contributed by atoms with E-state index in [1.165, 1.54) is 11.1 Å². The molecule has 1 heterocycles. The summed E-state index contributed by atoms with van der Waals surface area (Å²) in [6, 6.07) is 6.67. The Morgan fingerprint density at radius 1 is 1.27 bits per heavy atom. The number of carbonyl (C=O) groups excluding carboxylic acids is 2. The van der Waals surface area contributed by atoms with Crippen molar-refractivity contribution in [1.29, 1.82) is 0 Å². The van der Waals surface area contributed by atoms with Crippen molar-refractivity contribution >= 4 is 22.7 Å². The number of carbonyl (C=O) groups is 2. The summed E-state index contributed by atoms with van der Waals surface area (Å²) >= 11 is 0. The third-order valence-corrected chi connectivity index (χ3v) is 5.13. The van der Waals surface area contributed by atoms with E-state index in [9.17, 15) is 14.4 Å². The summed E-state index contributed by atoms with van der Waals surface area (Å²) in [5.41, 5.74) is 5.47. The minimum absolute atomic E-state index is 0.0737. The molecule has 26 heavy (non-hydrogen) atoms. The van der Waals surface area contributed by atoms with Crippen LogP contribution >= 0.6 is 0 Å². The maximum absolute atomic E-state index is 12.8. The predicted octanol–water partition coefficient (Wildman–Crippen LogP) is 1.49. The maximum atomic E-state index is 12.8. The molecular weight excluding hydrogens is 332 g/mol. The molecule has 1 aromatic carbocycles. The van der Waals surface area contributed by atoms with Gasteiger partial charge in [-0.2, -0.15) is 5.10 Å². The van der Waals surface area contributed by atoms with Crippen molar-refractivity contribution in [2.75, 3.05) is 0 Å². The molecule has 0 saturated heterocycles. The molecule has 1 unspecified atom stereocenters. The molecule has 1 aliphatic carbocycles. The van der Waals surface area contributed by atoms with Gasteiger partial charge >= 0.3 is 0 Å². The second kappa shape index (κ2) is 7.68. The molecular formula is C19H24N4O3. The van der Waals surface area contributed by atoms with Gasteiger partial charge in [-0.25, -0.2) is 0 Å². The average molecular weight is 356 g/mol. The third-order valence-electron chi connectivity index (χ3n) is 5.13. The van der Waals surface area contributed by atoms with Crippen molar-refractivity contribution in [3.63, 3.8) is 0 Å². The van der Waals surface area contributed by atoms with Crippen LogP contribution in [-0.4, -0.2) is 27.6 Å². The lowest BCUT2D eigenvalue weighted by Crippen LogP contribution is -2.45. The number of fused-ring (bicyclic) bond motifs is 1. The lowest BCUT2D eigenvalue weighted by atomic mass is 9.82. The van der Waals surface area contributed by atoms with Gasteiger partial charge in [0.25, 0.3) is 5.91 Å². The zero-order valence-corrected chi connectivity index (χ0v) is 14.9. The van der Waals surface area contributed by atoms with Gasteiger partial charge < -0.3 is 11.1 Å². The second-order valence-corrected chi connectivity index (χ2v) is 6.97. The van der Waals surface area contributed by atoms with E-state index < -0.39 is 17.2 Å². The first-order valence-electron chi connectivity index (χ1n) is 9.02. The number of aryl methyl sites for hydroxylation is 1. The summed E-state index contributed by atoms with van der Waals surface area (Å²) in [5.74, 6) is -0.807. The Kier molecular flexibility index (Phi) is 5.35. The summed E-state index contributed by atoms with van der Waals surface area (Å²) in [5, 5.41) is 7.45. The molecule has 0 radical (unpaired) electrons. The van der Waals surface area contributed by atoms with Crippen molar-refractivity contribution in [1.82, 2.24) is 15.1 Å². The summed E-state index contributed by atoms with van der Waals surface area (Å²) < 4.78 is 1.52. The summed E-state index contributed by atoms with van der Waals surface area (Å²) in [4.78, 5) is 36.9. The molecule has 1 aromatic heterocycles. The van der Waals surface area contributed by atoms with E-state index in [4.69, 9.17) is 5.73 Å². The van der Waals surface area contributed by atoms with Crippen LogP contribution in [0.15, 0.2) is 29.1 Å². The highest BCUT2D eigenvalue weighted by Gasteiger charge is 2.28. The predicted molar refractivity (Wildman–Crippen MR) is 98.6 cm³/mol. The molecule has 1 saturated carbocycles. The smallest absolute Gasteiger partial charge is 0.276 e. The fourth-order valence-electron chi connectivity index (χ4n) is 3.80. The zero-order valence-electron chi connectivity index (χ0n) is 14.9. The number of amides is 2. The Morgan fingerprint density at radius 2 is 1.96 bits per heavy atom. The molecule has 7 nitrogen and oxygen atoms in total. The number of rotatable bonds is 5. The highest BCUT2D eigenvalue weighted by Crippen LogP contribution is 2.27. The third kappa shape index (κ3) is 3.76. The number of hydrogen-bond acceptors (Lipinski definition) is 4. The van der Waals surface area contributed by atoms with Gasteiger partial charge in [0.2, 0.25) is 11.3 Å². The highest BCUT2D eigenvalue weighted by atomic mass is 16.2. The lowest BCUT2D eigenvalue weighted by molar-refractivity contribution is -0.118. The Morgan fingerprint density at radius 3 is 2.65 bits per heavy atom. The van der Waals surface area contributed by atoms with E-state index >= 15 is 0 Å². The van der Waals surface area contributed by atoms with Gasteiger partial charge in [-0.05, 0) is 30.9 Å². The van der Waals surface area contributed by atoms with Gasteiger partial charge in [0.15, 0.2) is 5.69 Å². The van der Waals surface area contributed by atoms with E-state index in [0.29, 0.717) is 10.9 Å². The number of benzene rings is 1. The van der Waals surface area contributed by atoms with Gasteiger partial charge in [-0.3, -0.25) is 19.1 Å². The minimum Gasteiger partial charge on any atom is -0.370 e. The fraction of sp³-hybridized carbons (Fsp3) is 0.474. The Bertz CT molecular complexity index is 884. The van der Waals surface area contributed by atoms with Gasteiger partial charge in [-0.1, -0.05) is 31.4 Å². The topological polar surface area (TPSA) is 107 Å². The summed E-state index contributed by atoms with van der Waals surface area (Å²) in [7, 11) is 1.70. The van der Waals surface area contributed by atoms with Crippen molar-refractivity contribution in [3.8, 4) is 0 Å². The van der Waals surface area contributed by atoms with Crippen LogP contribution in [-0.2, 0) is 11.8 Å². The van der Waals surface area contributed by atoms with Crippen LogP contribution in [0.3, 0.4) is 0 Å². The molecule has 0 spiro atoms. The first kappa shape index (κ1) is 18.1. The number of primary amides is 1. The number of nitrogens with zero attached hydrogens (tertiary/aromatic N) is 2. The van der Waals surface area contributed by atoms with Crippen LogP contribution in [0.2, 0.25) is 0 Å². The van der Waals surface area contributed by atoms with Gasteiger partial charge in [0, 0.05) is 24.9 Å². The molecule has 138 valence electrons. The van der Waals surface area contributed by atoms with E-state index in [0.717, 1.165) is 25.7 Å². The average Bonchev–Trinajstić information content (AvgIpc) is 2.64. The van der Waals surface area contributed by atoms with Crippen LogP contribution < -0.4 is 16.5 Å². The first-order chi connectivity index (χ1) is 12.5. The quantitative estimate of drug-likeness (QED) is 0.846. The van der Waals surface area contributed by atoms with Crippen LogP contribution in [0.1, 0.15) is 49.0 Å². The maximum Gasteiger partial charge on any atom is 0.276 e. The molecule has 0 aliphatic heterocycles. The largest absolute Gasteiger partial charge is 0.370 e. The zero-order chi connectivity index (χ0) is 18.7. The molecule has 1 aliphatic rings. The molecule has 0 bridgehead atoms. The number of nitrogens with one attached hydrogen (secondary N) is 1. The SMILES string of the molecule is Cn1nc(C(=O)NC(CC(N)=O)C2CCCCC2)c(=O)c2ccccc21. The Balaban J connectivity index is 1.89. The Labute approximate surface area is 151 Å². The Hall–Kier alpha value is -2.70. The number of hydrogen-bond donors (Lipinski definition) is 2. The van der Waals surface area contributed by atoms with E-state index in [1.54, 1.807) is 25.2 Å². The van der Waals surface area contributed by atoms with Crippen LogP contribution in [0.4, 0.5) is 0 Å². The molecule has 7 heteroatoms. The fourth-order valence-corrected chi connectivity index (χ4v) is 3.80. The molecule has 3 N–H and O–H groups in total. The van der Waals surface area contributed by atoms with Gasteiger partial charge in [-0.15, -0.1) is 0 Å². The molecule has 3 rings (SSSR count). The molecule has 2 aromatic rings. The van der Waals surface area contributed by atoms with Crippen LogP contribution in [0, 0.1) is 5.92 Å². The van der Waals surface area contributed by atoms with Gasteiger partial charge in [0.1, 0.15) is 0 Å². The normalized spacial score (nSPS) is 16.3. The highest BCUT2D eigenvalue weighted by molar-refractivity contribution is 5.95. The van der Waals surface area contributed by atoms with Crippen molar-refractivity contribution in [2.45, 2.75) is 44.6 Å². The van der Waals surface area contributed by atoms with Crippen LogP contribution in [0.25, 0.3) is 10.9 Å². The minimum atomic E-state index is -0.548. The van der Waals surface area contributed by atoms with Crippen molar-refractivity contribution in [2.24, 2.45) is 18.7 Å². The second-order valence-electron chi connectivity index (χ2n) is 6.97. The molecule has 1 fully saturated rings. The van der Waals surface area contributed by atoms with E-state index in [-0.39, 0.29) is 24.1 Å². The summed E-state index contributed by atoms with van der Waals surface area (Å²) in [6.07, 6.45) is 5.28. The lowest BCUT2D eigenvalue weighted by Gasteiger charge is -2.30. The monoisotopic (exact) mass is 356 g/mol. The number of para-hydroxylation sites is 1. The number of aromatic nitrogens is 2. The van der Waals surface area contributed by atoms with Crippen molar-refractivity contribution < 1.29 is 9.59 Å². The van der Waals surface area contributed by atoms with E-state index in [2.05, 4.69) is 10.4 Å². The van der Waals surface area contributed by atoms with Crippen LogP contribution in [0.5, 0.6) is 0 Å². The standard InChI is InChI=1S/C19H24N4O3/c1-23-15-10-6-5-9-13(15)18(25)17(22-23)19(26)21-14(11-16(20)24)12-7-3-2-4-8-12/h5-6,9-10,12,14H,2-4,7-8,11H2,1H3,(H2,20,24)(H,21,26).